The van der Waals surface area contributed by atoms with Crippen LogP contribution in [0, 0.1) is 5.82 Å². The topological polar surface area (TPSA) is 114 Å². The van der Waals surface area contributed by atoms with E-state index in [0.29, 0.717) is 16.4 Å². The highest BCUT2D eigenvalue weighted by Gasteiger charge is 2.13. The van der Waals surface area contributed by atoms with Crippen molar-refractivity contribution in [1.82, 2.24) is 4.98 Å². The lowest BCUT2D eigenvalue weighted by molar-refractivity contribution is -0.115. The molecule has 0 atom stereocenters. The molecule has 0 aliphatic carbocycles. The number of nitrogens with one attached hydrogen (secondary N) is 2. The van der Waals surface area contributed by atoms with Crippen molar-refractivity contribution in [2.45, 2.75) is 6.42 Å². The summed E-state index contributed by atoms with van der Waals surface area (Å²) in [5, 5.41) is 7.25. The van der Waals surface area contributed by atoms with E-state index >= 15 is 0 Å². The van der Waals surface area contributed by atoms with Crippen molar-refractivity contribution in [2.75, 3.05) is 10.6 Å². The van der Waals surface area contributed by atoms with Gasteiger partial charge in [0.15, 0.2) is 5.13 Å². The molecule has 3 aromatic rings. The lowest BCUT2D eigenvalue weighted by Crippen LogP contribution is -2.17. The minimum absolute atomic E-state index is 0.0546. The van der Waals surface area contributed by atoms with Gasteiger partial charge in [0.1, 0.15) is 5.82 Å². The van der Waals surface area contributed by atoms with E-state index in [4.69, 9.17) is 5.73 Å². The van der Waals surface area contributed by atoms with Crippen LogP contribution >= 0.6 is 11.3 Å². The molecule has 1 heterocycles. The maximum atomic E-state index is 13.5. The molecule has 0 fully saturated rings. The molecule has 2 aromatic carbocycles. The molecule has 0 radical (unpaired) electrons. The fraction of sp³-hybridized carbons (Fsp3) is 0.0526. The number of carbonyl (C=O) groups excluding carboxylic acids is 3. The van der Waals surface area contributed by atoms with Crippen molar-refractivity contribution in [3.63, 3.8) is 0 Å². The quantitative estimate of drug-likeness (QED) is 0.592. The number of hydrogen-bond donors (Lipinski definition) is 3. The van der Waals surface area contributed by atoms with Crippen molar-refractivity contribution >= 4 is 39.9 Å². The third-order valence-corrected chi connectivity index (χ3v) is 4.47. The lowest BCUT2D eigenvalue weighted by atomic mass is 10.1. The first-order valence-corrected chi connectivity index (χ1v) is 9.00. The Kier molecular flexibility index (Phi) is 5.75. The van der Waals surface area contributed by atoms with Crippen LogP contribution in [0.1, 0.15) is 26.4 Å². The molecular weight excluding hydrogens is 383 g/mol. The van der Waals surface area contributed by atoms with Crippen LogP contribution in [-0.2, 0) is 11.2 Å². The molecule has 0 aliphatic rings. The number of anilines is 2. The second-order valence-corrected chi connectivity index (χ2v) is 6.61. The fourth-order valence-corrected chi connectivity index (χ4v) is 3.07. The molecule has 0 saturated carbocycles. The molecular formula is C19H15FN4O3S. The summed E-state index contributed by atoms with van der Waals surface area (Å²) in [6.45, 7) is 0. The average Bonchev–Trinajstić information content (AvgIpc) is 3.10. The molecule has 142 valence electrons. The average molecular weight is 398 g/mol. The van der Waals surface area contributed by atoms with Gasteiger partial charge in [0, 0.05) is 16.6 Å². The van der Waals surface area contributed by atoms with Crippen molar-refractivity contribution in [3.05, 3.63) is 76.5 Å². The highest BCUT2D eigenvalue weighted by Crippen LogP contribution is 2.18. The first-order valence-electron chi connectivity index (χ1n) is 8.12. The summed E-state index contributed by atoms with van der Waals surface area (Å²) >= 11 is 1.20. The van der Waals surface area contributed by atoms with Crippen molar-refractivity contribution < 1.29 is 18.8 Å². The zero-order valence-electron chi connectivity index (χ0n) is 14.4. The van der Waals surface area contributed by atoms with Crippen LogP contribution in [0.3, 0.4) is 0 Å². The van der Waals surface area contributed by atoms with Crippen molar-refractivity contribution in [1.29, 1.82) is 0 Å². The van der Waals surface area contributed by atoms with Gasteiger partial charge in [0.05, 0.1) is 17.7 Å². The highest BCUT2D eigenvalue weighted by molar-refractivity contribution is 7.14. The first-order chi connectivity index (χ1) is 13.4. The summed E-state index contributed by atoms with van der Waals surface area (Å²) < 4.78 is 13.5. The maximum Gasteiger partial charge on any atom is 0.257 e. The summed E-state index contributed by atoms with van der Waals surface area (Å²) in [4.78, 5) is 39.6. The Morgan fingerprint density at radius 2 is 1.82 bits per heavy atom. The maximum absolute atomic E-state index is 13.5. The number of rotatable bonds is 6. The van der Waals surface area contributed by atoms with Crippen molar-refractivity contribution in [3.8, 4) is 0 Å². The number of benzene rings is 2. The van der Waals surface area contributed by atoms with Gasteiger partial charge in [-0.1, -0.05) is 18.2 Å². The zero-order chi connectivity index (χ0) is 20.1. The number of carbonyl (C=O) groups is 3. The van der Waals surface area contributed by atoms with Gasteiger partial charge in [-0.25, -0.2) is 9.37 Å². The number of hydrogen-bond acceptors (Lipinski definition) is 5. The minimum atomic E-state index is -0.924. The van der Waals surface area contributed by atoms with Gasteiger partial charge in [-0.2, -0.15) is 0 Å². The van der Waals surface area contributed by atoms with E-state index in [1.807, 2.05) is 6.07 Å². The molecule has 0 bridgehead atoms. The summed E-state index contributed by atoms with van der Waals surface area (Å²) in [6, 6.07) is 12.2. The van der Waals surface area contributed by atoms with Crippen LogP contribution in [-0.4, -0.2) is 22.7 Å². The fourth-order valence-electron chi connectivity index (χ4n) is 2.37. The van der Waals surface area contributed by atoms with Gasteiger partial charge in [-0.15, -0.1) is 11.3 Å². The van der Waals surface area contributed by atoms with Gasteiger partial charge >= 0.3 is 0 Å². The molecule has 4 N–H and O–H groups in total. The molecule has 0 spiro atoms. The Morgan fingerprint density at radius 3 is 2.54 bits per heavy atom. The smallest absolute Gasteiger partial charge is 0.257 e. The number of amides is 3. The Bertz CT molecular complexity index is 1040. The van der Waals surface area contributed by atoms with E-state index in [1.165, 1.54) is 23.5 Å². The van der Waals surface area contributed by atoms with Crippen LogP contribution in [0.4, 0.5) is 15.2 Å². The van der Waals surface area contributed by atoms with Crippen LogP contribution in [0.25, 0.3) is 0 Å². The molecule has 0 aliphatic heterocycles. The monoisotopic (exact) mass is 398 g/mol. The summed E-state index contributed by atoms with van der Waals surface area (Å²) in [6.07, 6.45) is -0.0546. The molecule has 0 saturated heterocycles. The summed E-state index contributed by atoms with van der Waals surface area (Å²) in [7, 11) is 0. The lowest BCUT2D eigenvalue weighted by Gasteiger charge is -2.06. The second kappa shape index (κ2) is 8.40. The Balaban J connectivity index is 1.60. The number of nitrogens with zero attached hydrogens (tertiary/aromatic N) is 1. The number of nitrogens with two attached hydrogens (primary N) is 1. The van der Waals surface area contributed by atoms with E-state index in [2.05, 4.69) is 15.6 Å². The third kappa shape index (κ3) is 4.77. The largest absolute Gasteiger partial charge is 0.366 e. The molecule has 1 aromatic heterocycles. The highest BCUT2D eigenvalue weighted by atomic mass is 32.1. The molecule has 3 rings (SSSR count). The SMILES string of the molecule is NC(=O)c1cc(NC(=O)Cc2csc(NC(=O)c3ccccc3)n2)ccc1F. The number of halogens is 1. The van der Waals surface area contributed by atoms with Crippen LogP contribution in [0.2, 0.25) is 0 Å². The van der Waals surface area contributed by atoms with E-state index < -0.39 is 17.6 Å². The minimum Gasteiger partial charge on any atom is -0.366 e. The summed E-state index contributed by atoms with van der Waals surface area (Å²) in [5.74, 6) is -2.39. The van der Waals surface area contributed by atoms with E-state index in [0.717, 1.165) is 6.07 Å². The van der Waals surface area contributed by atoms with Gasteiger partial charge in [-0.3, -0.25) is 19.7 Å². The van der Waals surface area contributed by atoms with Gasteiger partial charge < -0.3 is 11.1 Å². The molecule has 7 nitrogen and oxygen atoms in total. The molecule has 3 amide bonds. The van der Waals surface area contributed by atoms with E-state index in [1.54, 1.807) is 29.6 Å². The Labute approximate surface area is 163 Å². The van der Waals surface area contributed by atoms with Gasteiger partial charge in [0.25, 0.3) is 11.8 Å². The van der Waals surface area contributed by atoms with Gasteiger partial charge in [-0.05, 0) is 30.3 Å². The third-order valence-electron chi connectivity index (χ3n) is 3.67. The Morgan fingerprint density at radius 1 is 1.07 bits per heavy atom. The Hall–Kier alpha value is -3.59. The molecule has 0 unspecified atom stereocenters. The predicted octanol–water partition coefficient (Wildman–Crippen LogP) is 2.81. The molecule has 9 heteroatoms. The second-order valence-electron chi connectivity index (χ2n) is 5.75. The zero-order valence-corrected chi connectivity index (χ0v) is 15.3. The normalized spacial score (nSPS) is 10.3. The van der Waals surface area contributed by atoms with Crippen LogP contribution in [0.15, 0.2) is 53.9 Å². The predicted molar refractivity (Wildman–Crippen MR) is 104 cm³/mol. The standard InChI is InChI=1S/C19H15FN4O3S/c20-15-7-6-12(8-14(15)17(21)26)22-16(25)9-13-10-28-19(23-13)24-18(27)11-4-2-1-3-5-11/h1-8,10H,9H2,(H2,21,26)(H,22,25)(H,23,24,27). The first kappa shape index (κ1) is 19.2. The van der Waals surface area contributed by atoms with Crippen LogP contribution in [0.5, 0.6) is 0 Å². The summed E-state index contributed by atoms with van der Waals surface area (Å²) in [5.41, 5.74) is 5.98. The number of aromatic nitrogens is 1. The number of thiazole rings is 1. The molecule has 28 heavy (non-hydrogen) atoms. The van der Waals surface area contributed by atoms with E-state index in [9.17, 15) is 18.8 Å². The van der Waals surface area contributed by atoms with Crippen molar-refractivity contribution in [2.24, 2.45) is 5.73 Å². The number of primary amides is 1. The van der Waals surface area contributed by atoms with Gasteiger partial charge in [0.2, 0.25) is 5.91 Å². The van der Waals surface area contributed by atoms with Crippen LogP contribution < -0.4 is 16.4 Å². The van der Waals surface area contributed by atoms with E-state index in [-0.39, 0.29) is 23.6 Å².